The Morgan fingerprint density at radius 1 is 1.37 bits per heavy atom. The zero-order chi connectivity index (χ0) is 14.3. The Hall–Kier alpha value is -0.920. The number of hydrogen-bond donors (Lipinski definition) is 2. The minimum absolute atomic E-state index is 0.0493. The van der Waals surface area contributed by atoms with Gasteiger partial charge in [-0.25, -0.2) is 13.1 Å². The lowest BCUT2D eigenvalue weighted by Gasteiger charge is -2.07. The van der Waals surface area contributed by atoms with E-state index in [1.54, 1.807) is 18.2 Å². The largest absolute Gasteiger partial charge is 0.325 e. The third kappa shape index (κ3) is 6.70. The lowest BCUT2D eigenvalue weighted by molar-refractivity contribution is -0.115. The van der Waals surface area contributed by atoms with E-state index in [-0.39, 0.29) is 12.3 Å². The summed E-state index contributed by atoms with van der Waals surface area (Å²) in [6, 6.07) is 7.09. The maximum Gasteiger partial charge on any atom is 0.239 e. The fraction of sp³-hybridized carbons (Fsp3) is 0.417. The highest BCUT2D eigenvalue weighted by Gasteiger charge is 2.11. The molecule has 0 heterocycles. The van der Waals surface area contributed by atoms with Crippen molar-refractivity contribution in [2.75, 3.05) is 17.6 Å². The number of halogens is 1. The summed E-state index contributed by atoms with van der Waals surface area (Å²) >= 11 is 3.29. The molecule has 0 radical (unpaired) electrons. The summed E-state index contributed by atoms with van der Waals surface area (Å²) in [5.74, 6) is -0.341. The Morgan fingerprint density at radius 2 is 2.11 bits per heavy atom. The minimum atomic E-state index is -3.36. The van der Waals surface area contributed by atoms with Gasteiger partial charge in [0.15, 0.2) is 0 Å². The quantitative estimate of drug-likeness (QED) is 0.792. The first-order valence-corrected chi connectivity index (χ1v) is 8.40. The maximum absolute atomic E-state index is 11.6. The topological polar surface area (TPSA) is 75.3 Å². The highest BCUT2D eigenvalue weighted by atomic mass is 79.9. The molecule has 1 aromatic carbocycles. The summed E-state index contributed by atoms with van der Waals surface area (Å²) in [4.78, 5) is 11.6. The lowest BCUT2D eigenvalue weighted by atomic mass is 10.3. The molecule has 1 rings (SSSR count). The molecule has 0 aromatic heterocycles. The van der Waals surface area contributed by atoms with Crippen LogP contribution in [0.25, 0.3) is 0 Å². The second-order valence-corrected chi connectivity index (χ2v) is 6.89. The van der Waals surface area contributed by atoms with E-state index >= 15 is 0 Å². The number of carbonyl (C=O) groups excluding carboxylic acids is 1. The molecule has 0 aliphatic carbocycles. The zero-order valence-electron chi connectivity index (χ0n) is 10.6. The Morgan fingerprint density at radius 3 is 2.74 bits per heavy atom. The summed E-state index contributed by atoms with van der Waals surface area (Å²) in [6.07, 6.45) is 1.38. The molecule has 1 aromatic rings. The van der Waals surface area contributed by atoms with Crippen LogP contribution < -0.4 is 10.0 Å². The summed E-state index contributed by atoms with van der Waals surface area (Å²) in [7, 11) is -3.36. The SMILES string of the molecule is CCCCS(=O)(=O)NCC(=O)Nc1cccc(Br)c1. The highest BCUT2D eigenvalue weighted by molar-refractivity contribution is 9.10. The summed E-state index contributed by atoms with van der Waals surface area (Å²) in [5, 5.41) is 2.62. The van der Waals surface area contributed by atoms with Crippen molar-refractivity contribution in [2.45, 2.75) is 19.8 Å². The molecule has 106 valence electrons. The molecule has 5 nitrogen and oxygen atoms in total. The molecule has 0 saturated carbocycles. The zero-order valence-corrected chi connectivity index (χ0v) is 13.1. The number of amides is 1. The van der Waals surface area contributed by atoms with Crippen molar-refractivity contribution >= 4 is 37.5 Å². The van der Waals surface area contributed by atoms with Crippen molar-refractivity contribution < 1.29 is 13.2 Å². The van der Waals surface area contributed by atoms with Crippen molar-refractivity contribution in [3.8, 4) is 0 Å². The van der Waals surface area contributed by atoms with Crippen LogP contribution in [0.5, 0.6) is 0 Å². The van der Waals surface area contributed by atoms with Gasteiger partial charge in [0.05, 0.1) is 12.3 Å². The molecule has 0 bridgehead atoms. The normalized spacial score (nSPS) is 11.3. The monoisotopic (exact) mass is 348 g/mol. The number of anilines is 1. The molecule has 0 aliphatic heterocycles. The van der Waals surface area contributed by atoms with E-state index in [1.807, 2.05) is 13.0 Å². The molecule has 19 heavy (non-hydrogen) atoms. The van der Waals surface area contributed by atoms with Gasteiger partial charge in [0, 0.05) is 10.2 Å². The van der Waals surface area contributed by atoms with Gasteiger partial charge in [-0.05, 0) is 24.6 Å². The van der Waals surface area contributed by atoms with E-state index < -0.39 is 15.9 Å². The van der Waals surface area contributed by atoms with Crippen molar-refractivity contribution in [1.82, 2.24) is 4.72 Å². The van der Waals surface area contributed by atoms with Crippen molar-refractivity contribution in [3.05, 3.63) is 28.7 Å². The van der Waals surface area contributed by atoms with E-state index in [4.69, 9.17) is 0 Å². The van der Waals surface area contributed by atoms with E-state index in [1.165, 1.54) is 0 Å². The minimum Gasteiger partial charge on any atom is -0.325 e. The van der Waals surface area contributed by atoms with Crippen LogP contribution in [-0.4, -0.2) is 26.6 Å². The summed E-state index contributed by atoms with van der Waals surface area (Å²) in [5.41, 5.74) is 0.618. The van der Waals surface area contributed by atoms with Gasteiger partial charge in [0.2, 0.25) is 15.9 Å². The van der Waals surface area contributed by atoms with Gasteiger partial charge in [0.1, 0.15) is 0 Å². The molecule has 0 unspecified atom stereocenters. The summed E-state index contributed by atoms with van der Waals surface area (Å²) < 4.78 is 26.1. The van der Waals surface area contributed by atoms with E-state index in [9.17, 15) is 13.2 Å². The van der Waals surface area contributed by atoms with E-state index in [0.717, 1.165) is 10.9 Å². The Labute approximate surface area is 122 Å². The molecular formula is C12H17BrN2O3S. The molecule has 2 N–H and O–H groups in total. The molecule has 7 heteroatoms. The lowest BCUT2D eigenvalue weighted by Crippen LogP contribution is -2.34. The first-order valence-electron chi connectivity index (χ1n) is 5.95. The number of carbonyl (C=O) groups is 1. The molecule has 1 amide bonds. The smallest absolute Gasteiger partial charge is 0.239 e. The van der Waals surface area contributed by atoms with Crippen molar-refractivity contribution in [2.24, 2.45) is 0 Å². The Bertz CT molecular complexity index is 532. The second kappa shape index (κ2) is 7.62. The Kier molecular flexibility index (Phi) is 6.47. The Balaban J connectivity index is 2.44. The number of rotatable bonds is 7. The molecule has 0 atom stereocenters. The van der Waals surface area contributed by atoms with Gasteiger partial charge in [-0.3, -0.25) is 4.79 Å². The van der Waals surface area contributed by atoms with Crippen molar-refractivity contribution in [1.29, 1.82) is 0 Å². The van der Waals surface area contributed by atoms with Crippen molar-refractivity contribution in [3.63, 3.8) is 0 Å². The van der Waals surface area contributed by atoms with Crippen LogP contribution in [0.1, 0.15) is 19.8 Å². The first kappa shape index (κ1) is 16.1. The number of hydrogen-bond acceptors (Lipinski definition) is 3. The van der Waals surface area contributed by atoms with Crippen LogP contribution in [-0.2, 0) is 14.8 Å². The van der Waals surface area contributed by atoms with Crippen LogP contribution in [0.4, 0.5) is 5.69 Å². The predicted molar refractivity (Wildman–Crippen MR) is 79.5 cm³/mol. The van der Waals surface area contributed by atoms with Crippen LogP contribution in [0.15, 0.2) is 28.7 Å². The number of nitrogens with one attached hydrogen (secondary N) is 2. The average molecular weight is 349 g/mol. The summed E-state index contributed by atoms with van der Waals surface area (Å²) in [6.45, 7) is 1.66. The molecule has 0 saturated heterocycles. The first-order chi connectivity index (χ1) is 8.93. The number of benzene rings is 1. The van der Waals surface area contributed by atoms with Gasteiger partial charge in [-0.2, -0.15) is 0 Å². The third-order valence-electron chi connectivity index (χ3n) is 2.33. The van der Waals surface area contributed by atoms with E-state index in [2.05, 4.69) is 26.0 Å². The fourth-order valence-corrected chi connectivity index (χ4v) is 2.92. The van der Waals surface area contributed by atoms with E-state index in [0.29, 0.717) is 12.1 Å². The van der Waals surface area contributed by atoms with Gasteiger partial charge in [-0.15, -0.1) is 0 Å². The molecule has 0 aliphatic rings. The van der Waals surface area contributed by atoms with Gasteiger partial charge < -0.3 is 5.32 Å². The fourth-order valence-electron chi connectivity index (χ4n) is 1.35. The average Bonchev–Trinajstić information content (AvgIpc) is 2.34. The van der Waals surface area contributed by atoms with Crippen LogP contribution in [0.2, 0.25) is 0 Å². The molecule has 0 fully saturated rings. The predicted octanol–water partition coefficient (Wildman–Crippen LogP) is 2.11. The second-order valence-electron chi connectivity index (χ2n) is 4.05. The number of unbranched alkanes of at least 4 members (excludes halogenated alkanes) is 1. The van der Waals surface area contributed by atoms with Gasteiger partial charge in [0.25, 0.3) is 0 Å². The van der Waals surface area contributed by atoms with Gasteiger partial charge >= 0.3 is 0 Å². The molecule has 0 spiro atoms. The number of sulfonamides is 1. The van der Waals surface area contributed by atoms with Crippen LogP contribution in [0.3, 0.4) is 0 Å². The van der Waals surface area contributed by atoms with Gasteiger partial charge in [-0.1, -0.05) is 35.3 Å². The van der Waals surface area contributed by atoms with Crippen LogP contribution >= 0.6 is 15.9 Å². The standard InChI is InChI=1S/C12H17BrN2O3S/c1-2-3-7-19(17,18)14-9-12(16)15-11-6-4-5-10(13)8-11/h4-6,8,14H,2-3,7,9H2,1H3,(H,15,16). The van der Waals surface area contributed by atoms with Crippen LogP contribution in [0, 0.1) is 0 Å². The maximum atomic E-state index is 11.6. The molecular weight excluding hydrogens is 332 g/mol. The highest BCUT2D eigenvalue weighted by Crippen LogP contribution is 2.15. The third-order valence-corrected chi connectivity index (χ3v) is 4.23.